The number of hydrogen-bond acceptors (Lipinski definition) is 4. The van der Waals surface area contributed by atoms with E-state index in [4.69, 9.17) is 10.2 Å². The molecule has 19 heavy (non-hydrogen) atoms. The fourth-order valence-electron chi connectivity index (χ4n) is 3.13. The van der Waals surface area contributed by atoms with Crippen LogP contribution in [-0.4, -0.2) is 90.0 Å². The first-order chi connectivity index (χ1) is 9.19. The van der Waals surface area contributed by atoms with Gasteiger partial charge < -0.3 is 20.0 Å². The minimum absolute atomic E-state index is 0.240. The number of piperazine rings is 1. The molecule has 2 fully saturated rings. The number of rotatable bonds is 4. The van der Waals surface area contributed by atoms with Crippen molar-refractivity contribution >= 4 is 6.09 Å². The SMILES string of the molecule is O=C(O)N1CCN(C[C@@H]2CCCN(CCO)C2)CC1. The molecular weight excluding hydrogens is 246 g/mol. The number of carboxylic acid groups (broad SMARTS) is 1. The number of carbonyl (C=O) groups is 1. The van der Waals surface area contributed by atoms with Gasteiger partial charge in [0.25, 0.3) is 0 Å². The lowest BCUT2D eigenvalue weighted by Crippen LogP contribution is -2.51. The maximum Gasteiger partial charge on any atom is 0.407 e. The first-order valence-corrected chi connectivity index (χ1v) is 7.22. The van der Waals surface area contributed by atoms with Crippen LogP contribution in [-0.2, 0) is 0 Å². The Hall–Kier alpha value is -0.850. The molecule has 2 aliphatic heterocycles. The van der Waals surface area contributed by atoms with Crippen LogP contribution in [0.1, 0.15) is 12.8 Å². The molecule has 0 bridgehead atoms. The summed E-state index contributed by atoms with van der Waals surface area (Å²) in [6.07, 6.45) is 1.66. The molecule has 6 heteroatoms. The first kappa shape index (κ1) is 14.6. The molecule has 0 spiro atoms. The van der Waals surface area contributed by atoms with E-state index in [1.165, 1.54) is 17.7 Å². The van der Waals surface area contributed by atoms with Gasteiger partial charge in [0.15, 0.2) is 0 Å². The van der Waals surface area contributed by atoms with Crippen molar-refractivity contribution in [1.29, 1.82) is 0 Å². The monoisotopic (exact) mass is 271 g/mol. The number of amides is 1. The molecule has 0 aromatic rings. The molecule has 2 N–H and O–H groups in total. The Labute approximate surface area is 114 Å². The standard InChI is InChI=1S/C13H25N3O3/c17-9-8-14-3-1-2-12(10-14)11-15-4-6-16(7-5-15)13(18)19/h12,17H,1-11H2,(H,18,19)/t12-/m1/s1. The van der Waals surface area contributed by atoms with Crippen LogP contribution in [0.3, 0.4) is 0 Å². The van der Waals surface area contributed by atoms with Crippen LogP contribution < -0.4 is 0 Å². The molecule has 2 saturated heterocycles. The lowest BCUT2D eigenvalue weighted by molar-refractivity contribution is 0.0785. The number of nitrogens with zero attached hydrogens (tertiary/aromatic N) is 3. The highest BCUT2D eigenvalue weighted by molar-refractivity contribution is 5.65. The van der Waals surface area contributed by atoms with Crippen LogP contribution >= 0.6 is 0 Å². The minimum Gasteiger partial charge on any atom is -0.465 e. The van der Waals surface area contributed by atoms with Gasteiger partial charge in [0, 0.05) is 45.8 Å². The van der Waals surface area contributed by atoms with Crippen LogP contribution in [0.25, 0.3) is 0 Å². The molecule has 0 saturated carbocycles. The average Bonchev–Trinajstić information content (AvgIpc) is 2.40. The number of piperidine rings is 1. The van der Waals surface area contributed by atoms with Gasteiger partial charge in [-0.05, 0) is 25.3 Å². The van der Waals surface area contributed by atoms with E-state index in [1.807, 2.05) is 0 Å². The molecule has 110 valence electrons. The van der Waals surface area contributed by atoms with Crippen molar-refractivity contribution in [2.24, 2.45) is 5.92 Å². The number of aliphatic hydroxyl groups is 1. The van der Waals surface area contributed by atoms with E-state index in [1.54, 1.807) is 0 Å². The van der Waals surface area contributed by atoms with Gasteiger partial charge in [0.05, 0.1) is 6.61 Å². The summed E-state index contributed by atoms with van der Waals surface area (Å²) in [6, 6.07) is 0. The summed E-state index contributed by atoms with van der Waals surface area (Å²) < 4.78 is 0. The van der Waals surface area contributed by atoms with Crippen LogP contribution in [0, 0.1) is 5.92 Å². The van der Waals surface area contributed by atoms with E-state index in [2.05, 4.69) is 9.80 Å². The van der Waals surface area contributed by atoms with Crippen LogP contribution in [0.15, 0.2) is 0 Å². The normalized spacial score (nSPS) is 26.6. The quantitative estimate of drug-likeness (QED) is 0.752. The fraction of sp³-hybridized carbons (Fsp3) is 0.923. The zero-order chi connectivity index (χ0) is 13.7. The molecule has 0 radical (unpaired) electrons. The van der Waals surface area contributed by atoms with Gasteiger partial charge in [-0.15, -0.1) is 0 Å². The highest BCUT2D eigenvalue weighted by Gasteiger charge is 2.25. The van der Waals surface area contributed by atoms with Gasteiger partial charge in [0.2, 0.25) is 0 Å². The maximum absolute atomic E-state index is 10.8. The molecule has 0 aliphatic carbocycles. The molecular formula is C13H25N3O3. The van der Waals surface area contributed by atoms with Crippen molar-refractivity contribution in [3.63, 3.8) is 0 Å². The van der Waals surface area contributed by atoms with Gasteiger partial charge in [-0.25, -0.2) is 4.79 Å². The summed E-state index contributed by atoms with van der Waals surface area (Å²) in [5.41, 5.74) is 0. The first-order valence-electron chi connectivity index (χ1n) is 7.22. The van der Waals surface area contributed by atoms with E-state index in [9.17, 15) is 4.79 Å². The largest absolute Gasteiger partial charge is 0.465 e. The van der Waals surface area contributed by atoms with Crippen LogP contribution in [0.2, 0.25) is 0 Å². The van der Waals surface area contributed by atoms with E-state index >= 15 is 0 Å². The Balaban J connectivity index is 1.71. The van der Waals surface area contributed by atoms with E-state index in [0.29, 0.717) is 19.0 Å². The van der Waals surface area contributed by atoms with E-state index < -0.39 is 6.09 Å². The molecule has 1 amide bonds. The fourth-order valence-corrected chi connectivity index (χ4v) is 3.13. The third-order valence-corrected chi connectivity index (χ3v) is 4.18. The van der Waals surface area contributed by atoms with Gasteiger partial charge in [-0.1, -0.05) is 0 Å². The minimum atomic E-state index is -0.800. The summed E-state index contributed by atoms with van der Waals surface area (Å²) in [4.78, 5) is 17.1. The van der Waals surface area contributed by atoms with Crippen LogP contribution in [0.5, 0.6) is 0 Å². The predicted octanol–water partition coefficient (Wildman–Crippen LogP) is -0.0137. The molecule has 0 aromatic heterocycles. The number of aliphatic hydroxyl groups excluding tert-OH is 1. The van der Waals surface area contributed by atoms with Gasteiger partial charge >= 0.3 is 6.09 Å². The number of hydrogen-bond donors (Lipinski definition) is 2. The van der Waals surface area contributed by atoms with Crippen molar-refractivity contribution in [2.75, 3.05) is 59.0 Å². The second kappa shape index (κ2) is 7.07. The Bertz CT molecular complexity index is 291. The van der Waals surface area contributed by atoms with Crippen molar-refractivity contribution in [3.05, 3.63) is 0 Å². The molecule has 6 nitrogen and oxygen atoms in total. The third kappa shape index (κ3) is 4.33. The van der Waals surface area contributed by atoms with Crippen molar-refractivity contribution in [1.82, 2.24) is 14.7 Å². The van der Waals surface area contributed by atoms with E-state index in [-0.39, 0.29) is 6.61 Å². The van der Waals surface area contributed by atoms with E-state index in [0.717, 1.165) is 39.3 Å². The lowest BCUT2D eigenvalue weighted by Gasteiger charge is -2.38. The maximum atomic E-state index is 10.8. The van der Waals surface area contributed by atoms with Gasteiger partial charge in [0.1, 0.15) is 0 Å². The van der Waals surface area contributed by atoms with Crippen molar-refractivity contribution in [2.45, 2.75) is 12.8 Å². The molecule has 0 aromatic carbocycles. The zero-order valence-corrected chi connectivity index (χ0v) is 11.5. The Morgan fingerprint density at radius 1 is 1.11 bits per heavy atom. The number of likely N-dealkylation sites (tertiary alicyclic amines) is 1. The number of β-amino-alcohol motifs (C(OH)–C–C–N with tert-alkyl or cyclic N) is 1. The molecule has 2 heterocycles. The third-order valence-electron chi connectivity index (χ3n) is 4.18. The topological polar surface area (TPSA) is 67.2 Å². The van der Waals surface area contributed by atoms with Crippen molar-refractivity contribution < 1.29 is 15.0 Å². The molecule has 2 rings (SSSR count). The highest BCUT2D eigenvalue weighted by Crippen LogP contribution is 2.18. The molecule has 2 aliphatic rings. The second-order valence-electron chi connectivity index (χ2n) is 5.60. The lowest BCUT2D eigenvalue weighted by atomic mass is 9.97. The summed E-state index contributed by atoms with van der Waals surface area (Å²) in [5, 5.41) is 17.9. The average molecular weight is 271 g/mol. The molecule has 0 unspecified atom stereocenters. The van der Waals surface area contributed by atoms with Gasteiger partial charge in [-0.2, -0.15) is 0 Å². The Morgan fingerprint density at radius 3 is 2.47 bits per heavy atom. The Morgan fingerprint density at radius 2 is 1.84 bits per heavy atom. The summed E-state index contributed by atoms with van der Waals surface area (Å²) in [6.45, 7) is 7.21. The summed E-state index contributed by atoms with van der Waals surface area (Å²) >= 11 is 0. The molecule has 1 atom stereocenters. The predicted molar refractivity (Wildman–Crippen MR) is 72.3 cm³/mol. The summed E-state index contributed by atoms with van der Waals surface area (Å²) in [7, 11) is 0. The van der Waals surface area contributed by atoms with Crippen LogP contribution in [0.4, 0.5) is 4.79 Å². The summed E-state index contributed by atoms with van der Waals surface area (Å²) in [5.74, 6) is 0.664. The second-order valence-corrected chi connectivity index (χ2v) is 5.60. The van der Waals surface area contributed by atoms with Gasteiger partial charge in [-0.3, -0.25) is 4.90 Å². The smallest absolute Gasteiger partial charge is 0.407 e. The zero-order valence-electron chi connectivity index (χ0n) is 11.5. The highest BCUT2D eigenvalue weighted by atomic mass is 16.4. The Kier molecular flexibility index (Phi) is 5.42. The van der Waals surface area contributed by atoms with Crippen molar-refractivity contribution in [3.8, 4) is 0 Å².